The van der Waals surface area contributed by atoms with E-state index in [0.717, 1.165) is 56.4 Å². The SMILES string of the molecule is I.c1ccc(CN=C(NCCc2ccco2)N2CCC(c3ncn[nH]3)CC2)cc1. The third-order valence-electron chi connectivity index (χ3n) is 5.10. The normalized spacial score (nSPS) is 15.2. The van der Waals surface area contributed by atoms with Crippen molar-refractivity contribution in [1.29, 1.82) is 0 Å². The molecule has 0 aliphatic carbocycles. The molecule has 0 atom stereocenters. The monoisotopic (exact) mass is 506 g/mol. The summed E-state index contributed by atoms with van der Waals surface area (Å²) < 4.78 is 5.44. The highest BCUT2D eigenvalue weighted by atomic mass is 127. The Labute approximate surface area is 188 Å². The van der Waals surface area contributed by atoms with Crippen molar-refractivity contribution in [3.05, 3.63) is 72.2 Å². The molecular weight excluding hydrogens is 479 g/mol. The van der Waals surface area contributed by atoms with Crippen LogP contribution in [0.1, 0.15) is 35.9 Å². The van der Waals surface area contributed by atoms with Crippen LogP contribution in [0.5, 0.6) is 0 Å². The van der Waals surface area contributed by atoms with Gasteiger partial charge in [-0.15, -0.1) is 24.0 Å². The highest BCUT2D eigenvalue weighted by molar-refractivity contribution is 14.0. The molecule has 0 spiro atoms. The zero-order chi connectivity index (χ0) is 19.0. The third-order valence-corrected chi connectivity index (χ3v) is 5.10. The first-order valence-corrected chi connectivity index (χ1v) is 9.83. The molecule has 1 aromatic carbocycles. The van der Waals surface area contributed by atoms with Crippen LogP contribution < -0.4 is 5.32 Å². The molecule has 0 bridgehead atoms. The summed E-state index contributed by atoms with van der Waals surface area (Å²) in [4.78, 5) is 11.6. The molecule has 4 rings (SSSR count). The molecule has 1 aliphatic rings. The van der Waals surface area contributed by atoms with Gasteiger partial charge in [0.2, 0.25) is 0 Å². The van der Waals surface area contributed by atoms with Gasteiger partial charge in [0.15, 0.2) is 5.96 Å². The van der Waals surface area contributed by atoms with Crippen LogP contribution in [0.2, 0.25) is 0 Å². The van der Waals surface area contributed by atoms with Gasteiger partial charge in [0.1, 0.15) is 17.9 Å². The minimum Gasteiger partial charge on any atom is -0.469 e. The molecule has 2 aromatic heterocycles. The quantitative estimate of drug-likeness (QED) is 0.304. The van der Waals surface area contributed by atoms with Gasteiger partial charge in [-0.05, 0) is 30.5 Å². The van der Waals surface area contributed by atoms with Crippen molar-refractivity contribution in [1.82, 2.24) is 25.4 Å². The Bertz CT molecular complexity index is 843. The maximum Gasteiger partial charge on any atom is 0.194 e. The summed E-state index contributed by atoms with van der Waals surface area (Å²) in [7, 11) is 0. The fourth-order valence-corrected chi connectivity index (χ4v) is 3.55. The van der Waals surface area contributed by atoms with Crippen molar-refractivity contribution < 1.29 is 4.42 Å². The van der Waals surface area contributed by atoms with Crippen molar-refractivity contribution in [3.63, 3.8) is 0 Å². The van der Waals surface area contributed by atoms with Gasteiger partial charge in [-0.3, -0.25) is 5.10 Å². The van der Waals surface area contributed by atoms with E-state index in [1.54, 1.807) is 12.6 Å². The van der Waals surface area contributed by atoms with Gasteiger partial charge in [-0.2, -0.15) is 5.10 Å². The van der Waals surface area contributed by atoms with Crippen molar-refractivity contribution >= 4 is 29.9 Å². The number of furan rings is 1. The fraction of sp³-hybridized carbons (Fsp3) is 0.381. The van der Waals surface area contributed by atoms with Gasteiger partial charge in [0.05, 0.1) is 12.8 Å². The third kappa shape index (κ3) is 6.06. The van der Waals surface area contributed by atoms with Crippen LogP contribution in [0.4, 0.5) is 0 Å². The first kappa shape index (κ1) is 21.4. The molecule has 8 heteroatoms. The number of likely N-dealkylation sites (tertiary alicyclic amines) is 1. The lowest BCUT2D eigenvalue weighted by atomic mass is 9.96. The van der Waals surface area contributed by atoms with E-state index in [0.29, 0.717) is 12.5 Å². The number of nitrogens with one attached hydrogen (secondary N) is 2. The first-order chi connectivity index (χ1) is 13.9. The summed E-state index contributed by atoms with van der Waals surface area (Å²) in [5.74, 6) is 3.39. The molecule has 1 fully saturated rings. The smallest absolute Gasteiger partial charge is 0.194 e. The van der Waals surface area contributed by atoms with Crippen LogP contribution >= 0.6 is 24.0 Å². The van der Waals surface area contributed by atoms with Crippen LogP contribution in [0.25, 0.3) is 0 Å². The highest BCUT2D eigenvalue weighted by Gasteiger charge is 2.24. The average molecular weight is 506 g/mol. The van der Waals surface area contributed by atoms with Gasteiger partial charge < -0.3 is 14.6 Å². The summed E-state index contributed by atoms with van der Waals surface area (Å²) >= 11 is 0. The first-order valence-electron chi connectivity index (χ1n) is 9.83. The highest BCUT2D eigenvalue weighted by Crippen LogP contribution is 2.25. The van der Waals surface area contributed by atoms with E-state index in [9.17, 15) is 0 Å². The van der Waals surface area contributed by atoms with Crippen molar-refractivity contribution in [2.75, 3.05) is 19.6 Å². The van der Waals surface area contributed by atoms with Gasteiger partial charge in [0, 0.05) is 32.0 Å². The summed E-state index contributed by atoms with van der Waals surface area (Å²) in [5.41, 5.74) is 1.21. The molecule has 1 saturated heterocycles. The Hall–Kier alpha value is -2.36. The molecule has 2 N–H and O–H groups in total. The molecule has 0 radical (unpaired) electrons. The number of hydrogen-bond acceptors (Lipinski definition) is 4. The number of aromatic nitrogens is 3. The average Bonchev–Trinajstić information content (AvgIpc) is 3.46. The zero-order valence-electron chi connectivity index (χ0n) is 16.3. The second-order valence-electron chi connectivity index (χ2n) is 7.01. The van der Waals surface area contributed by atoms with E-state index in [-0.39, 0.29) is 24.0 Å². The number of rotatable bonds is 6. The summed E-state index contributed by atoms with van der Waals surface area (Å²) in [6.45, 7) is 3.37. The number of guanidine groups is 1. The Kier molecular flexibility index (Phi) is 8.09. The predicted molar refractivity (Wildman–Crippen MR) is 123 cm³/mol. The van der Waals surface area contributed by atoms with Crippen molar-refractivity contribution in [2.45, 2.75) is 31.7 Å². The molecule has 1 aliphatic heterocycles. The lowest BCUT2D eigenvalue weighted by Crippen LogP contribution is -2.46. The number of piperidine rings is 1. The van der Waals surface area contributed by atoms with Crippen molar-refractivity contribution in [2.24, 2.45) is 4.99 Å². The second kappa shape index (κ2) is 11.0. The van der Waals surface area contributed by atoms with E-state index in [4.69, 9.17) is 9.41 Å². The lowest BCUT2D eigenvalue weighted by molar-refractivity contribution is 0.298. The predicted octanol–water partition coefficient (Wildman–Crippen LogP) is 3.58. The number of nitrogens with zero attached hydrogens (tertiary/aromatic N) is 4. The van der Waals surface area contributed by atoms with Crippen LogP contribution in [0, 0.1) is 0 Å². The maximum atomic E-state index is 5.44. The second-order valence-corrected chi connectivity index (χ2v) is 7.01. The Morgan fingerprint density at radius 1 is 1.17 bits per heavy atom. The van der Waals surface area contributed by atoms with E-state index in [2.05, 4.69) is 49.7 Å². The van der Waals surface area contributed by atoms with Gasteiger partial charge in [-0.1, -0.05) is 30.3 Å². The van der Waals surface area contributed by atoms with Crippen LogP contribution in [-0.2, 0) is 13.0 Å². The van der Waals surface area contributed by atoms with Crippen LogP contribution in [0.15, 0.2) is 64.5 Å². The molecule has 3 aromatic rings. The molecule has 0 amide bonds. The number of halogens is 1. The van der Waals surface area contributed by atoms with Crippen molar-refractivity contribution in [3.8, 4) is 0 Å². The van der Waals surface area contributed by atoms with E-state index in [1.165, 1.54) is 5.56 Å². The van der Waals surface area contributed by atoms with Crippen LogP contribution in [-0.4, -0.2) is 45.7 Å². The number of hydrogen-bond donors (Lipinski definition) is 2. The molecular formula is C21H27IN6O. The maximum absolute atomic E-state index is 5.44. The molecule has 0 saturated carbocycles. The Morgan fingerprint density at radius 3 is 2.69 bits per heavy atom. The number of benzene rings is 1. The Morgan fingerprint density at radius 2 is 2.00 bits per heavy atom. The minimum absolute atomic E-state index is 0. The summed E-state index contributed by atoms with van der Waals surface area (Å²) in [6, 6.07) is 14.3. The number of H-pyrrole nitrogens is 1. The summed E-state index contributed by atoms with van der Waals surface area (Å²) in [6.07, 6.45) is 6.23. The fourth-order valence-electron chi connectivity index (χ4n) is 3.55. The molecule has 0 unspecified atom stereocenters. The lowest BCUT2D eigenvalue weighted by Gasteiger charge is -2.33. The van der Waals surface area contributed by atoms with Gasteiger partial charge >= 0.3 is 0 Å². The topological polar surface area (TPSA) is 82.3 Å². The number of aliphatic imine (C=N–C) groups is 1. The zero-order valence-corrected chi connectivity index (χ0v) is 18.7. The molecule has 7 nitrogen and oxygen atoms in total. The minimum atomic E-state index is 0. The largest absolute Gasteiger partial charge is 0.469 e. The standard InChI is InChI=1S/C21H26N6O.HI/c1-2-5-17(6-3-1)15-23-21(22-11-8-19-7-4-14-28-19)27-12-9-18(10-13-27)20-24-16-25-26-20;/h1-7,14,16,18H,8-13,15H2,(H,22,23)(H,24,25,26);1H. The van der Waals surface area contributed by atoms with E-state index in [1.807, 2.05) is 18.2 Å². The van der Waals surface area contributed by atoms with E-state index < -0.39 is 0 Å². The van der Waals surface area contributed by atoms with E-state index >= 15 is 0 Å². The summed E-state index contributed by atoms with van der Waals surface area (Å²) in [5, 5.41) is 10.5. The molecule has 3 heterocycles. The molecule has 154 valence electrons. The van der Waals surface area contributed by atoms with Crippen LogP contribution in [0.3, 0.4) is 0 Å². The Balaban J connectivity index is 0.00000240. The number of aromatic amines is 1. The van der Waals surface area contributed by atoms with Gasteiger partial charge in [0.25, 0.3) is 0 Å². The molecule has 29 heavy (non-hydrogen) atoms. The van der Waals surface area contributed by atoms with Gasteiger partial charge in [-0.25, -0.2) is 9.98 Å².